The van der Waals surface area contributed by atoms with Crippen molar-refractivity contribution in [3.8, 4) is 0 Å². The van der Waals surface area contributed by atoms with Crippen LogP contribution in [-0.4, -0.2) is 46.6 Å². The Morgan fingerprint density at radius 2 is 1.91 bits per heavy atom. The lowest BCUT2D eigenvalue weighted by atomic mass is 9.88. The molecule has 2 N–H and O–H groups in total. The fraction of sp³-hybridized carbons (Fsp3) is 0.550. The number of thiophene rings is 1. The van der Waals surface area contributed by atoms with Crippen LogP contribution in [0.1, 0.15) is 54.9 Å². The van der Waals surface area contributed by atoms with Crippen molar-refractivity contribution < 1.29 is 23.9 Å². The second-order valence-electron chi connectivity index (χ2n) is 7.24. The Bertz CT molecular complexity index is 990. The molecule has 0 bridgehead atoms. The molecule has 2 atom stereocenters. The molecule has 2 heterocycles. The molecule has 1 aliphatic rings. The molecule has 0 aromatic carbocycles. The number of nitrogens with one attached hydrogen (secondary N) is 2. The zero-order valence-electron chi connectivity index (χ0n) is 18.4. The second-order valence-corrected chi connectivity index (χ2v) is 10.9. The van der Waals surface area contributed by atoms with E-state index in [1.54, 1.807) is 20.8 Å². The van der Waals surface area contributed by atoms with Gasteiger partial charge in [-0.1, -0.05) is 30.0 Å². The summed E-state index contributed by atoms with van der Waals surface area (Å²) in [7, 11) is 0. The first-order valence-corrected chi connectivity index (χ1v) is 12.9. The molecule has 2 amide bonds. The van der Waals surface area contributed by atoms with Gasteiger partial charge in [-0.3, -0.25) is 10.1 Å². The summed E-state index contributed by atoms with van der Waals surface area (Å²) in [5.74, 6) is -0.0969. The summed E-state index contributed by atoms with van der Waals surface area (Å²) in [6.45, 7) is 7.94. The van der Waals surface area contributed by atoms with Crippen LogP contribution in [0.5, 0.6) is 0 Å². The molecule has 0 spiro atoms. The van der Waals surface area contributed by atoms with Gasteiger partial charge in [-0.05, 0) is 51.5 Å². The predicted octanol–water partition coefficient (Wildman–Crippen LogP) is 4.59. The summed E-state index contributed by atoms with van der Waals surface area (Å²) >= 11 is 3.83. The number of ether oxygens (including phenoxy) is 2. The molecule has 0 saturated carbocycles. The van der Waals surface area contributed by atoms with E-state index in [4.69, 9.17) is 9.47 Å². The smallest absolute Gasteiger partial charge is 0.413 e. The third-order valence-electron chi connectivity index (χ3n) is 4.77. The Morgan fingerprint density at radius 1 is 1.16 bits per heavy atom. The number of aromatic nitrogens is 2. The van der Waals surface area contributed by atoms with Crippen molar-refractivity contribution in [2.24, 2.45) is 5.92 Å². The van der Waals surface area contributed by atoms with Crippen molar-refractivity contribution in [3.63, 3.8) is 0 Å². The van der Waals surface area contributed by atoms with Crippen LogP contribution in [0.25, 0.3) is 0 Å². The van der Waals surface area contributed by atoms with Gasteiger partial charge in [0, 0.05) is 4.88 Å². The Morgan fingerprint density at radius 3 is 2.62 bits per heavy atom. The first-order valence-electron chi connectivity index (χ1n) is 10.4. The van der Waals surface area contributed by atoms with Crippen molar-refractivity contribution in [2.75, 3.05) is 23.8 Å². The van der Waals surface area contributed by atoms with E-state index in [2.05, 4.69) is 27.8 Å². The standard InChI is InChI=1S/C20H26N4O5S3/c1-5-28-17(26)14-12-8-7-10(3)9-13(12)31-16(14)21-15(25)11(4)30-20-24-23-18(32-20)22-19(27)29-6-2/h10-11H,5-9H2,1-4H3,(H,21,25)(H,22,23,27). The average Bonchev–Trinajstić information content (AvgIpc) is 3.31. The van der Waals surface area contributed by atoms with Crippen LogP contribution in [0, 0.1) is 5.92 Å². The van der Waals surface area contributed by atoms with E-state index in [0.29, 0.717) is 26.0 Å². The maximum absolute atomic E-state index is 12.9. The van der Waals surface area contributed by atoms with Crippen LogP contribution in [0.15, 0.2) is 4.34 Å². The van der Waals surface area contributed by atoms with Gasteiger partial charge in [-0.15, -0.1) is 21.5 Å². The number of carbonyl (C=O) groups excluding carboxylic acids is 3. The summed E-state index contributed by atoms with van der Waals surface area (Å²) in [4.78, 5) is 38.1. The molecule has 2 unspecified atom stereocenters. The van der Waals surface area contributed by atoms with Gasteiger partial charge in [0.2, 0.25) is 11.0 Å². The van der Waals surface area contributed by atoms with Gasteiger partial charge in [0.25, 0.3) is 0 Å². The summed E-state index contributed by atoms with van der Waals surface area (Å²) in [6, 6.07) is 0. The third-order valence-corrected chi connectivity index (χ3v) is 7.96. The van der Waals surface area contributed by atoms with Crippen molar-refractivity contribution >= 4 is 62.5 Å². The van der Waals surface area contributed by atoms with Crippen molar-refractivity contribution in [2.45, 2.75) is 56.5 Å². The summed E-state index contributed by atoms with van der Waals surface area (Å²) < 4.78 is 10.6. The number of fused-ring (bicyclic) bond motifs is 1. The number of anilines is 2. The van der Waals surface area contributed by atoms with Gasteiger partial charge in [0.05, 0.1) is 24.0 Å². The van der Waals surface area contributed by atoms with Gasteiger partial charge in [-0.2, -0.15) is 0 Å². The molecule has 2 aromatic rings. The predicted molar refractivity (Wildman–Crippen MR) is 126 cm³/mol. The second kappa shape index (κ2) is 11.1. The molecular formula is C20H26N4O5S3. The number of rotatable bonds is 8. The van der Waals surface area contributed by atoms with Crippen LogP contribution in [-0.2, 0) is 27.1 Å². The van der Waals surface area contributed by atoms with Crippen LogP contribution in [0.3, 0.4) is 0 Å². The van der Waals surface area contributed by atoms with Gasteiger partial charge < -0.3 is 14.8 Å². The molecule has 0 fully saturated rings. The molecule has 0 radical (unpaired) electrons. The summed E-state index contributed by atoms with van der Waals surface area (Å²) in [5, 5.41) is 13.6. The number of hydrogen-bond acceptors (Lipinski definition) is 10. The maximum atomic E-state index is 12.9. The lowest BCUT2D eigenvalue weighted by molar-refractivity contribution is -0.115. The van der Waals surface area contributed by atoms with Crippen LogP contribution in [0.4, 0.5) is 14.9 Å². The molecule has 1 aliphatic carbocycles. The lowest BCUT2D eigenvalue weighted by Crippen LogP contribution is -2.23. The largest absolute Gasteiger partial charge is 0.462 e. The Hall–Kier alpha value is -2.18. The van der Waals surface area contributed by atoms with E-state index in [1.165, 1.54) is 23.1 Å². The van der Waals surface area contributed by atoms with Crippen molar-refractivity contribution in [1.29, 1.82) is 0 Å². The fourth-order valence-electron chi connectivity index (χ4n) is 3.24. The van der Waals surface area contributed by atoms with Crippen LogP contribution >= 0.6 is 34.4 Å². The van der Waals surface area contributed by atoms with E-state index in [9.17, 15) is 14.4 Å². The number of esters is 1. The van der Waals surface area contributed by atoms with E-state index in [1.807, 2.05) is 0 Å². The first-order chi connectivity index (χ1) is 15.3. The quantitative estimate of drug-likeness (QED) is 0.308. The van der Waals surface area contributed by atoms with Crippen molar-refractivity contribution in [3.05, 3.63) is 16.0 Å². The molecule has 32 heavy (non-hydrogen) atoms. The molecule has 0 aliphatic heterocycles. The molecule has 3 rings (SSSR count). The topological polar surface area (TPSA) is 120 Å². The fourth-order valence-corrected chi connectivity index (χ4v) is 6.52. The summed E-state index contributed by atoms with van der Waals surface area (Å²) in [6.07, 6.45) is 2.11. The maximum Gasteiger partial charge on any atom is 0.413 e. The first kappa shape index (κ1) is 24.5. The molecule has 0 saturated heterocycles. The SMILES string of the molecule is CCOC(=O)Nc1nnc(SC(C)C(=O)Nc2sc3c(c2C(=O)OCC)CCC(C)C3)s1. The van der Waals surface area contributed by atoms with Crippen molar-refractivity contribution in [1.82, 2.24) is 10.2 Å². The van der Waals surface area contributed by atoms with Crippen LogP contribution in [0.2, 0.25) is 0 Å². The number of amides is 2. The highest BCUT2D eigenvalue weighted by molar-refractivity contribution is 8.02. The minimum absolute atomic E-state index is 0.248. The normalized spacial score (nSPS) is 16.1. The molecule has 12 heteroatoms. The highest BCUT2D eigenvalue weighted by Crippen LogP contribution is 2.40. The van der Waals surface area contributed by atoms with E-state index >= 15 is 0 Å². The van der Waals surface area contributed by atoms with Crippen LogP contribution < -0.4 is 10.6 Å². The Kier molecular flexibility index (Phi) is 8.49. The Labute approximate surface area is 198 Å². The van der Waals surface area contributed by atoms with E-state index in [0.717, 1.165) is 41.0 Å². The molecule has 174 valence electrons. The van der Waals surface area contributed by atoms with Gasteiger partial charge in [0.15, 0.2) is 4.34 Å². The Balaban J connectivity index is 1.69. The highest BCUT2D eigenvalue weighted by Gasteiger charge is 2.30. The minimum atomic E-state index is -0.603. The molecular weight excluding hydrogens is 472 g/mol. The number of thioether (sulfide) groups is 1. The number of nitrogens with zero attached hydrogens (tertiary/aromatic N) is 2. The zero-order chi connectivity index (χ0) is 23.3. The van der Waals surface area contributed by atoms with Gasteiger partial charge in [-0.25, -0.2) is 9.59 Å². The third kappa shape index (κ3) is 5.99. The van der Waals surface area contributed by atoms with E-state index in [-0.39, 0.29) is 19.1 Å². The molecule has 9 nitrogen and oxygen atoms in total. The highest BCUT2D eigenvalue weighted by atomic mass is 32.2. The number of hydrogen-bond donors (Lipinski definition) is 2. The average molecular weight is 499 g/mol. The summed E-state index contributed by atoms with van der Waals surface area (Å²) in [5.41, 5.74) is 1.49. The molecule has 2 aromatic heterocycles. The van der Waals surface area contributed by atoms with Gasteiger partial charge in [0.1, 0.15) is 5.00 Å². The zero-order valence-corrected chi connectivity index (χ0v) is 20.8. The van der Waals surface area contributed by atoms with Gasteiger partial charge >= 0.3 is 12.1 Å². The van der Waals surface area contributed by atoms with E-state index < -0.39 is 17.3 Å². The monoisotopic (exact) mass is 498 g/mol. The number of carbonyl (C=O) groups is 3. The minimum Gasteiger partial charge on any atom is -0.462 e. The lowest BCUT2D eigenvalue weighted by Gasteiger charge is -2.18.